The second-order valence-corrected chi connectivity index (χ2v) is 6.64. The molecule has 1 amide bonds. The van der Waals surface area contributed by atoms with Gasteiger partial charge in [-0.3, -0.25) is 9.59 Å². The van der Waals surface area contributed by atoms with Gasteiger partial charge in [0.15, 0.2) is 5.82 Å². The Balaban J connectivity index is 1.62. The van der Waals surface area contributed by atoms with Crippen LogP contribution in [-0.4, -0.2) is 33.9 Å². The number of piperidine rings is 1. The molecule has 8 nitrogen and oxygen atoms in total. The summed E-state index contributed by atoms with van der Waals surface area (Å²) in [4.78, 5) is 26.3. The molecule has 0 spiro atoms. The van der Waals surface area contributed by atoms with Crippen molar-refractivity contribution in [2.24, 2.45) is 13.0 Å². The maximum absolute atomic E-state index is 12.3. The number of hydrogen-bond acceptors (Lipinski definition) is 6. The topological polar surface area (TPSA) is 93.3 Å². The molecule has 2 aromatic rings. The molecule has 3 rings (SSSR count). The summed E-state index contributed by atoms with van der Waals surface area (Å²) in [6.07, 6.45) is 3.07. The van der Waals surface area contributed by atoms with Crippen molar-refractivity contribution in [1.29, 1.82) is 0 Å². The van der Waals surface area contributed by atoms with Crippen molar-refractivity contribution < 1.29 is 9.32 Å². The molecule has 9 heteroatoms. The zero-order chi connectivity index (χ0) is 17.3. The van der Waals surface area contributed by atoms with E-state index >= 15 is 0 Å². The highest BCUT2D eigenvalue weighted by atomic mass is 79.9. The predicted octanol–water partition coefficient (Wildman–Crippen LogP) is 1.69. The lowest BCUT2D eigenvalue weighted by Crippen LogP contribution is -2.39. The Labute approximate surface area is 146 Å². The van der Waals surface area contributed by atoms with Crippen LogP contribution < -0.4 is 15.8 Å². The van der Waals surface area contributed by atoms with Crippen LogP contribution in [0.1, 0.15) is 18.6 Å². The first kappa shape index (κ1) is 16.7. The van der Waals surface area contributed by atoms with Crippen LogP contribution in [0.3, 0.4) is 0 Å². The third-order valence-electron chi connectivity index (χ3n) is 4.15. The molecule has 0 aromatic carbocycles. The quantitative estimate of drug-likeness (QED) is 0.849. The van der Waals surface area contributed by atoms with Crippen molar-refractivity contribution in [3.05, 3.63) is 32.8 Å². The molecule has 3 heterocycles. The number of halogens is 1. The van der Waals surface area contributed by atoms with Crippen LogP contribution in [0.5, 0.6) is 0 Å². The highest BCUT2D eigenvalue weighted by Gasteiger charge is 2.27. The van der Waals surface area contributed by atoms with Gasteiger partial charge in [-0.2, -0.15) is 5.10 Å². The van der Waals surface area contributed by atoms with Crippen LogP contribution in [0.2, 0.25) is 0 Å². The number of carbonyl (C=O) groups excluding carboxylic acids is 1. The molecule has 0 unspecified atom stereocenters. The molecule has 1 saturated heterocycles. The van der Waals surface area contributed by atoms with E-state index in [9.17, 15) is 9.59 Å². The van der Waals surface area contributed by atoms with Crippen molar-refractivity contribution in [1.82, 2.24) is 14.9 Å². The van der Waals surface area contributed by atoms with Crippen molar-refractivity contribution >= 4 is 33.3 Å². The second-order valence-electron chi connectivity index (χ2n) is 5.85. The Morgan fingerprint density at radius 2 is 2.12 bits per heavy atom. The molecule has 0 radical (unpaired) electrons. The Morgan fingerprint density at radius 3 is 2.75 bits per heavy atom. The standard InChI is InChI=1S/C15H18BrN5O3/c1-9-7-12(19-24-9)18-14(22)10-3-5-21(6-4-10)11-8-17-20(2)15(23)13(11)16/h7-8,10H,3-6H2,1-2H3,(H,18,19,22). The lowest BCUT2D eigenvalue weighted by Gasteiger charge is -2.33. The van der Waals surface area contributed by atoms with Gasteiger partial charge in [-0.15, -0.1) is 0 Å². The fraction of sp³-hybridized carbons (Fsp3) is 0.467. The van der Waals surface area contributed by atoms with Gasteiger partial charge >= 0.3 is 0 Å². The number of aryl methyl sites for hydroxylation is 2. The lowest BCUT2D eigenvalue weighted by molar-refractivity contribution is -0.120. The first-order chi connectivity index (χ1) is 11.5. The number of nitrogens with one attached hydrogen (secondary N) is 1. The van der Waals surface area contributed by atoms with E-state index in [0.717, 1.165) is 5.69 Å². The number of anilines is 2. The highest BCUT2D eigenvalue weighted by molar-refractivity contribution is 9.10. The summed E-state index contributed by atoms with van der Waals surface area (Å²) in [5.74, 6) is 0.960. The first-order valence-electron chi connectivity index (χ1n) is 7.66. The van der Waals surface area contributed by atoms with Gasteiger partial charge in [0.1, 0.15) is 10.2 Å². The third kappa shape index (κ3) is 3.35. The monoisotopic (exact) mass is 395 g/mol. The minimum absolute atomic E-state index is 0.0517. The largest absolute Gasteiger partial charge is 0.369 e. The molecule has 128 valence electrons. The lowest BCUT2D eigenvalue weighted by atomic mass is 9.95. The molecular formula is C15H18BrN5O3. The summed E-state index contributed by atoms with van der Waals surface area (Å²) in [5, 5.41) is 10.6. The Morgan fingerprint density at radius 1 is 1.42 bits per heavy atom. The zero-order valence-electron chi connectivity index (χ0n) is 13.5. The van der Waals surface area contributed by atoms with Gasteiger partial charge in [0.05, 0.1) is 11.9 Å². The maximum Gasteiger partial charge on any atom is 0.282 e. The van der Waals surface area contributed by atoms with E-state index in [2.05, 4.69) is 36.4 Å². The average Bonchev–Trinajstić information content (AvgIpc) is 2.98. The van der Waals surface area contributed by atoms with Crippen LogP contribution in [-0.2, 0) is 11.8 Å². The summed E-state index contributed by atoms with van der Waals surface area (Å²) in [5.41, 5.74) is 0.595. The number of amides is 1. The van der Waals surface area contributed by atoms with Crippen molar-refractivity contribution in [2.45, 2.75) is 19.8 Å². The fourth-order valence-electron chi connectivity index (χ4n) is 2.76. The van der Waals surface area contributed by atoms with Gasteiger partial charge in [0.2, 0.25) is 5.91 Å². The number of aromatic nitrogens is 3. The normalized spacial score (nSPS) is 15.5. The molecule has 1 fully saturated rings. The van der Waals surface area contributed by atoms with Gasteiger partial charge in [-0.05, 0) is 35.7 Å². The van der Waals surface area contributed by atoms with Crippen molar-refractivity contribution in [3.63, 3.8) is 0 Å². The summed E-state index contributed by atoms with van der Waals surface area (Å²) < 4.78 is 6.73. The Bertz CT molecular complexity index is 808. The Kier molecular flexibility index (Phi) is 4.70. The molecule has 0 bridgehead atoms. The SMILES string of the molecule is Cc1cc(NC(=O)C2CCN(c3cnn(C)c(=O)c3Br)CC2)no1. The predicted molar refractivity (Wildman–Crippen MR) is 92.0 cm³/mol. The first-order valence-corrected chi connectivity index (χ1v) is 8.46. The van der Waals surface area contributed by atoms with Crippen molar-refractivity contribution in [3.8, 4) is 0 Å². The van der Waals surface area contributed by atoms with Gasteiger partial charge < -0.3 is 14.7 Å². The van der Waals surface area contributed by atoms with E-state index < -0.39 is 0 Å². The molecular weight excluding hydrogens is 378 g/mol. The number of hydrogen-bond donors (Lipinski definition) is 1. The summed E-state index contributed by atoms with van der Waals surface area (Å²) in [6, 6.07) is 1.69. The molecule has 1 aliphatic rings. The van der Waals surface area contributed by atoms with Crippen LogP contribution >= 0.6 is 15.9 Å². The van der Waals surface area contributed by atoms with Gasteiger partial charge in [0, 0.05) is 32.1 Å². The van der Waals surface area contributed by atoms with Gasteiger partial charge in [-0.1, -0.05) is 5.16 Å². The van der Waals surface area contributed by atoms with Gasteiger partial charge in [-0.25, -0.2) is 4.68 Å². The molecule has 2 aromatic heterocycles. The maximum atomic E-state index is 12.3. The van der Waals surface area contributed by atoms with Crippen molar-refractivity contribution in [2.75, 3.05) is 23.3 Å². The summed E-state index contributed by atoms with van der Waals surface area (Å²) in [7, 11) is 1.61. The average molecular weight is 396 g/mol. The molecule has 1 N–H and O–H groups in total. The molecule has 0 saturated carbocycles. The third-order valence-corrected chi connectivity index (χ3v) is 4.89. The van der Waals surface area contributed by atoms with E-state index in [1.807, 2.05) is 0 Å². The van der Waals surface area contributed by atoms with Crippen LogP contribution in [0.25, 0.3) is 0 Å². The van der Waals surface area contributed by atoms with Gasteiger partial charge in [0.25, 0.3) is 5.56 Å². The number of rotatable bonds is 3. The van der Waals surface area contributed by atoms with Crippen LogP contribution in [0, 0.1) is 12.8 Å². The summed E-state index contributed by atoms with van der Waals surface area (Å²) >= 11 is 3.34. The zero-order valence-corrected chi connectivity index (χ0v) is 15.0. The molecule has 0 aliphatic carbocycles. The second kappa shape index (κ2) is 6.76. The number of nitrogens with zero attached hydrogens (tertiary/aromatic N) is 4. The van der Waals surface area contributed by atoms with E-state index in [4.69, 9.17) is 4.52 Å². The molecule has 1 aliphatic heterocycles. The minimum atomic E-state index is -0.172. The smallest absolute Gasteiger partial charge is 0.282 e. The highest BCUT2D eigenvalue weighted by Crippen LogP contribution is 2.27. The van der Waals surface area contributed by atoms with E-state index in [0.29, 0.717) is 42.0 Å². The number of carbonyl (C=O) groups is 1. The van der Waals surface area contributed by atoms with Crippen LogP contribution in [0.15, 0.2) is 26.1 Å². The fourth-order valence-corrected chi connectivity index (χ4v) is 3.37. The van der Waals surface area contributed by atoms with E-state index in [1.165, 1.54) is 4.68 Å². The minimum Gasteiger partial charge on any atom is -0.369 e. The van der Waals surface area contributed by atoms with Crippen LogP contribution in [0.4, 0.5) is 11.5 Å². The molecule has 0 atom stereocenters. The molecule has 24 heavy (non-hydrogen) atoms. The summed E-state index contributed by atoms with van der Waals surface area (Å²) in [6.45, 7) is 3.14. The Hall–Kier alpha value is -2.16. The van der Waals surface area contributed by atoms with E-state index in [-0.39, 0.29) is 17.4 Å². The van der Waals surface area contributed by atoms with E-state index in [1.54, 1.807) is 26.2 Å².